The van der Waals surface area contributed by atoms with Crippen LogP contribution in [-0.4, -0.2) is 32.0 Å². The molecule has 2 aliphatic heterocycles. The molecule has 3 unspecified atom stereocenters. The number of benzene rings is 2. The van der Waals surface area contributed by atoms with Crippen molar-refractivity contribution in [1.82, 2.24) is 0 Å². The van der Waals surface area contributed by atoms with Gasteiger partial charge in [0, 0.05) is 0 Å². The number of hydrogen-bond donors (Lipinski definition) is 0. The van der Waals surface area contributed by atoms with Crippen LogP contribution < -0.4 is 0 Å². The largest absolute Gasteiger partial charge is 0.371 e. The summed E-state index contributed by atoms with van der Waals surface area (Å²) in [5, 5.41) is 2.50. The van der Waals surface area contributed by atoms with Crippen LogP contribution in [0.2, 0.25) is 0 Å². The van der Waals surface area contributed by atoms with Gasteiger partial charge in [-0.2, -0.15) is 0 Å². The van der Waals surface area contributed by atoms with Crippen LogP contribution in [0.1, 0.15) is 11.7 Å². The Morgan fingerprint density at radius 2 is 1.84 bits per heavy atom. The van der Waals surface area contributed by atoms with Crippen LogP contribution in [-0.2, 0) is 14.2 Å². The lowest BCUT2D eigenvalue weighted by Crippen LogP contribution is -2.14. The van der Waals surface area contributed by atoms with E-state index in [-0.39, 0.29) is 18.3 Å². The van der Waals surface area contributed by atoms with Crippen LogP contribution in [0.4, 0.5) is 0 Å². The molecule has 2 saturated heterocycles. The predicted molar refractivity (Wildman–Crippen MR) is 72.1 cm³/mol. The molecule has 0 spiro atoms. The fraction of sp³-hybridized carbons (Fsp3) is 0.375. The Morgan fingerprint density at radius 3 is 2.63 bits per heavy atom. The van der Waals surface area contributed by atoms with Gasteiger partial charge in [0.2, 0.25) is 0 Å². The van der Waals surface area contributed by atoms with E-state index in [2.05, 4.69) is 42.5 Å². The van der Waals surface area contributed by atoms with Crippen LogP contribution in [0, 0.1) is 0 Å². The molecule has 2 heterocycles. The van der Waals surface area contributed by atoms with Crippen molar-refractivity contribution in [3.05, 3.63) is 48.0 Å². The molecule has 0 saturated carbocycles. The summed E-state index contributed by atoms with van der Waals surface area (Å²) in [4.78, 5) is 0. The molecule has 3 nitrogen and oxygen atoms in total. The summed E-state index contributed by atoms with van der Waals surface area (Å²) in [5.41, 5.74) is 1.22. The first-order valence-corrected chi connectivity index (χ1v) is 6.74. The van der Waals surface area contributed by atoms with Crippen LogP contribution >= 0.6 is 0 Å². The Labute approximate surface area is 112 Å². The summed E-state index contributed by atoms with van der Waals surface area (Å²) >= 11 is 0. The molecule has 19 heavy (non-hydrogen) atoms. The molecule has 0 bridgehead atoms. The molecule has 2 fully saturated rings. The van der Waals surface area contributed by atoms with Gasteiger partial charge in [-0.25, -0.2) is 0 Å². The van der Waals surface area contributed by atoms with E-state index in [1.807, 2.05) is 0 Å². The van der Waals surface area contributed by atoms with Gasteiger partial charge in [-0.05, 0) is 16.3 Å². The molecular formula is C16H16O3. The van der Waals surface area contributed by atoms with Gasteiger partial charge in [-0.15, -0.1) is 0 Å². The fourth-order valence-corrected chi connectivity index (χ4v) is 2.50. The zero-order valence-corrected chi connectivity index (χ0v) is 10.6. The Hall–Kier alpha value is -1.42. The minimum absolute atomic E-state index is 0.0234. The van der Waals surface area contributed by atoms with Gasteiger partial charge in [0.25, 0.3) is 0 Å². The van der Waals surface area contributed by atoms with E-state index in [4.69, 9.17) is 14.2 Å². The van der Waals surface area contributed by atoms with Crippen molar-refractivity contribution >= 4 is 10.8 Å². The average molecular weight is 256 g/mol. The van der Waals surface area contributed by atoms with Crippen molar-refractivity contribution in [3.8, 4) is 0 Å². The Balaban J connectivity index is 1.68. The van der Waals surface area contributed by atoms with Crippen molar-refractivity contribution in [1.29, 1.82) is 0 Å². The summed E-state index contributed by atoms with van der Waals surface area (Å²) in [6.07, 6.45) is 0.510. The second-order valence-electron chi connectivity index (χ2n) is 5.15. The number of rotatable bonds is 5. The van der Waals surface area contributed by atoms with E-state index in [0.717, 1.165) is 13.2 Å². The van der Waals surface area contributed by atoms with E-state index in [0.29, 0.717) is 6.61 Å². The third-order valence-corrected chi connectivity index (χ3v) is 3.69. The Morgan fingerprint density at radius 1 is 1.05 bits per heavy atom. The van der Waals surface area contributed by atoms with E-state index < -0.39 is 0 Å². The normalized spacial score (nSPS) is 26.3. The standard InChI is InChI=1S/C16H16O3/c1-2-6-13-11(4-1)5-3-7-14(13)16(15-10-18-15)19-9-12-8-17-12/h1-7,12,15-16H,8-10H2. The second-order valence-corrected chi connectivity index (χ2v) is 5.15. The molecule has 0 amide bonds. The van der Waals surface area contributed by atoms with E-state index in [1.165, 1.54) is 16.3 Å². The molecular weight excluding hydrogens is 240 g/mol. The lowest BCUT2D eigenvalue weighted by molar-refractivity contribution is 0.0242. The topological polar surface area (TPSA) is 34.3 Å². The van der Waals surface area contributed by atoms with Crippen molar-refractivity contribution < 1.29 is 14.2 Å². The van der Waals surface area contributed by atoms with Crippen LogP contribution in [0.15, 0.2) is 42.5 Å². The maximum absolute atomic E-state index is 6.03. The number of fused-ring (bicyclic) bond motifs is 1. The molecule has 0 aromatic heterocycles. The van der Waals surface area contributed by atoms with Crippen molar-refractivity contribution in [2.24, 2.45) is 0 Å². The van der Waals surface area contributed by atoms with Gasteiger partial charge >= 0.3 is 0 Å². The molecule has 98 valence electrons. The van der Waals surface area contributed by atoms with Crippen LogP contribution in [0.3, 0.4) is 0 Å². The number of hydrogen-bond acceptors (Lipinski definition) is 3. The quantitative estimate of drug-likeness (QED) is 0.771. The maximum atomic E-state index is 6.03. The second kappa shape index (κ2) is 4.60. The molecule has 0 aliphatic carbocycles. The number of epoxide rings is 2. The summed E-state index contributed by atoms with van der Waals surface area (Å²) in [7, 11) is 0. The lowest BCUT2D eigenvalue weighted by Gasteiger charge is -2.17. The predicted octanol–water partition coefficient (Wildman–Crippen LogP) is 2.70. The maximum Gasteiger partial charge on any atom is 0.112 e. The fourth-order valence-electron chi connectivity index (χ4n) is 2.50. The zero-order valence-electron chi connectivity index (χ0n) is 10.6. The van der Waals surface area contributed by atoms with Gasteiger partial charge in [0.05, 0.1) is 19.8 Å². The van der Waals surface area contributed by atoms with Gasteiger partial charge in [0.1, 0.15) is 18.3 Å². The molecule has 2 aromatic rings. The smallest absolute Gasteiger partial charge is 0.112 e. The molecule has 0 N–H and O–H groups in total. The Bertz CT molecular complexity index is 582. The van der Waals surface area contributed by atoms with E-state index in [9.17, 15) is 0 Å². The monoisotopic (exact) mass is 256 g/mol. The van der Waals surface area contributed by atoms with Crippen molar-refractivity contribution in [2.45, 2.75) is 18.3 Å². The molecule has 4 rings (SSSR count). The third kappa shape index (κ3) is 2.37. The van der Waals surface area contributed by atoms with E-state index >= 15 is 0 Å². The molecule has 2 aromatic carbocycles. The molecule has 2 aliphatic rings. The summed E-state index contributed by atoms with van der Waals surface area (Å²) in [5.74, 6) is 0. The highest BCUT2D eigenvalue weighted by Gasteiger charge is 2.37. The van der Waals surface area contributed by atoms with Crippen LogP contribution in [0.5, 0.6) is 0 Å². The Kier molecular flexibility index (Phi) is 2.76. The van der Waals surface area contributed by atoms with Gasteiger partial charge in [0.15, 0.2) is 0 Å². The SMILES string of the molecule is c1ccc2c(C(OCC3CO3)C3CO3)cccc2c1. The summed E-state index contributed by atoms with van der Waals surface area (Å²) < 4.78 is 16.7. The highest BCUT2D eigenvalue weighted by molar-refractivity contribution is 5.86. The minimum atomic E-state index is 0.0234. The van der Waals surface area contributed by atoms with Gasteiger partial charge in [-0.1, -0.05) is 42.5 Å². The summed E-state index contributed by atoms with van der Waals surface area (Å²) in [6.45, 7) is 2.28. The third-order valence-electron chi connectivity index (χ3n) is 3.69. The van der Waals surface area contributed by atoms with Gasteiger partial charge in [-0.3, -0.25) is 0 Å². The highest BCUT2D eigenvalue weighted by atomic mass is 16.6. The first-order chi connectivity index (χ1) is 9.42. The lowest BCUT2D eigenvalue weighted by atomic mass is 9.99. The zero-order chi connectivity index (χ0) is 12.7. The number of ether oxygens (including phenoxy) is 3. The molecule has 3 atom stereocenters. The van der Waals surface area contributed by atoms with E-state index in [1.54, 1.807) is 0 Å². The highest BCUT2D eigenvalue weighted by Crippen LogP contribution is 2.35. The minimum Gasteiger partial charge on any atom is -0.371 e. The van der Waals surface area contributed by atoms with Gasteiger partial charge < -0.3 is 14.2 Å². The first-order valence-electron chi connectivity index (χ1n) is 6.74. The van der Waals surface area contributed by atoms with Crippen molar-refractivity contribution in [2.75, 3.05) is 19.8 Å². The first kappa shape index (κ1) is 11.4. The summed E-state index contributed by atoms with van der Waals surface area (Å²) in [6, 6.07) is 14.8. The van der Waals surface area contributed by atoms with Crippen molar-refractivity contribution in [3.63, 3.8) is 0 Å². The van der Waals surface area contributed by atoms with Crippen LogP contribution in [0.25, 0.3) is 10.8 Å². The average Bonchev–Trinajstić information content (AvgIpc) is 3.33. The molecule has 0 radical (unpaired) electrons. The molecule has 3 heteroatoms.